The van der Waals surface area contributed by atoms with Crippen LogP contribution in [0, 0.1) is 0 Å². The predicted molar refractivity (Wildman–Crippen MR) is 69.1 cm³/mol. The third-order valence-electron chi connectivity index (χ3n) is 2.46. The molecule has 0 saturated carbocycles. The van der Waals surface area contributed by atoms with Crippen LogP contribution in [0.5, 0.6) is 0 Å². The zero-order valence-corrected chi connectivity index (χ0v) is 10.9. The lowest BCUT2D eigenvalue weighted by Crippen LogP contribution is -2.31. The number of thioether (sulfide) groups is 1. The van der Waals surface area contributed by atoms with Crippen LogP contribution in [0.1, 0.15) is 10.9 Å². The van der Waals surface area contributed by atoms with Gasteiger partial charge in [-0.15, -0.1) is 23.4 Å². The van der Waals surface area contributed by atoms with E-state index in [1.807, 2.05) is 29.2 Å². The monoisotopic (exact) mass is 275 g/mol. The minimum absolute atomic E-state index is 0.0170. The molecule has 86 valence electrons. The second-order valence-electron chi connectivity index (χ2n) is 3.50. The second-order valence-corrected chi connectivity index (χ2v) is 5.39. The van der Waals surface area contributed by atoms with E-state index in [1.165, 1.54) is 0 Å². The number of carbonyl (C=O) groups is 1. The molecule has 2 nitrogen and oxygen atoms in total. The maximum atomic E-state index is 11.6. The van der Waals surface area contributed by atoms with Crippen molar-refractivity contribution in [3.05, 3.63) is 34.9 Å². The van der Waals surface area contributed by atoms with Gasteiger partial charge in [-0.25, -0.2) is 0 Å². The van der Waals surface area contributed by atoms with Crippen LogP contribution in [0.25, 0.3) is 0 Å². The third kappa shape index (κ3) is 2.47. The van der Waals surface area contributed by atoms with Crippen molar-refractivity contribution in [3.63, 3.8) is 0 Å². The van der Waals surface area contributed by atoms with Crippen molar-refractivity contribution < 1.29 is 4.79 Å². The summed E-state index contributed by atoms with van der Waals surface area (Å²) in [6.45, 7) is 0.757. The van der Waals surface area contributed by atoms with E-state index in [0.29, 0.717) is 5.02 Å². The summed E-state index contributed by atoms with van der Waals surface area (Å²) < 4.78 is 0. The Bertz CT molecular complexity index is 399. The van der Waals surface area contributed by atoms with Gasteiger partial charge in [0.05, 0.1) is 0 Å². The van der Waals surface area contributed by atoms with Gasteiger partial charge in [0.1, 0.15) is 11.3 Å². The molecule has 1 saturated heterocycles. The normalized spacial score (nSPS) is 20.1. The van der Waals surface area contributed by atoms with Gasteiger partial charge in [0.2, 0.25) is 5.91 Å². The Morgan fingerprint density at radius 1 is 1.56 bits per heavy atom. The molecule has 0 aliphatic carbocycles. The molecular formula is C11H11Cl2NOS. The molecule has 0 spiro atoms. The first-order chi connectivity index (χ1) is 7.72. The molecule has 16 heavy (non-hydrogen) atoms. The number of rotatable bonds is 2. The van der Waals surface area contributed by atoms with Crippen LogP contribution in [0.4, 0.5) is 0 Å². The Morgan fingerprint density at radius 2 is 2.38 bits per heavy atom. The molecule has 0 radical (unpaired) electrons. The van der Waals surface area contributed by atoms with Gasteiger partial charge in [-0.2, -0.15) is 0 Å². The maximum Gasteiger partial charge on any atom is 0.238 e. The molecular weight excluding hydrogens is 265 g/mol. The Labute approximate surface area is 109 Å². The molecule has 1 aromatic carbocycles. The van der Waals surface area contributed by atoms with Gasteiger partial charge in [-0.3, -0.25) is 4.79 Å². The lowest BCUT2D eigenvalue weighted by atomic mass is 10.2. The molecule has 1 aliphatic rings. The summed E-state index contributed by atoms with van der Waals surface area (Å²) in [4.78, 5) is 13.4. The first-order valence-electron chi connectivity index (χ1n) is 4.95. The fourth-order valence-corrected chi connectivity index (χ4v) is 3.36. The van der Waals surface area contributed by atoms with Crippen LogP contribution in [0.2, 0.25) is 5.02 Å². The molecule has 1 aliphatic heterocycles. The highest BCUT2D eigenvalue weighted by Gasteiger charge is 2.29. The summed E-state index contributed by atoms with van der Waals surface area (Å²) in [6, 6.07) is 7.63. The molecule has 1 atom stereocenters. The van der Waals surface area contributed by atoms with Crippen LogP contribution < -0.4 is 0 Å². The van der Waals surface area contributed by atoms with E-state index in [2.05, 4.69) is 0 Å². The van der Waals surface area contributed by atoms with Gasteiger partial charge >= 0.3 is 0 Å². The Kier molecular flexibility index (Phi) is 4.00. The van der Waals surface area contributed by atoms with E-state index in [1.54, 1.807) is 11.8 Å². The molecule has 1 aromatic rings. The topological polar surface area (TPSA) is 20.3 Å². The number of hydrogen-bond donors (Lipinski definition) is 0. The molecule has 5 heteroatoms. The summed E-state index contributed by atoms with van der Waals surface area (Å²) in [6.07, 6.45) is 0. The Balaban J connectivity index is 2.23. The fraction of sp³-hybridized carbons (Fsp3) is 0.364. The first-order valence-corrected chi connectivity index (χ1v) is 6.91. The minimum Gasteiger partial charge on any atom is -0.325 e. The number of halogens is 2. The summed E-state index contributed by atoms with van der Waals surface area (Å²) in [5.41, 5.74) is 1.06. The summed E-state index contributed by atoms with van der Waals surface area (Å²) in [5.74, 6) is 0.967. The highest BCUT2D eigenvalue weighted by atomic mass is 35.5. The van der Waals surface area contributed by atoms with Crippen molar-refractivity contribution in [1.29, 1.82) is 0 Å². The zero-order chi connectivity index (χ0) is 11.5. The highest BCUT2D eigenvalue weighted by Crippen LogP contribution is 2.38. The molecule has 1 heterocycles. The zero-order valence-electron chi connectivity index (χ0n) is 8.53. The van der Waals surface area contributed by atoms with E-state index >= 15 is 0 Å². The number of alkyl halides is 1. The number of amides is 1. The maximum absolute atomic E-state index is 11.6. The summed E-state index contributed by atoms with van der Waals surface area (Å²) in [5, 5.41) is 0.758. The minimum atomic E-state index is -0.0170. The average Bonchev–Trinajstić information content (AvgIpc) is 2.77. The summed E-state index contributed by atoms with van der Waals surface area (Å²) >= 11 is 13.3. The summed E-state index contributed by atoms with van der Waals surface area (Å²) in [7, 11) is 0. The van der Waals surface area contributed by atoms with Crippen LogP contribution in [0.3, 0.4) is 0 Å². The third-order valence-corrected chi connectivity index (χ3v) is 4.18. The Hall–Kier alpha value is -0.380. The van der Waals surface area contributed by atoms with E-state index in [4.69, 9.17) is 23.2 Å². The number of benzene rings is 1. The standard InChI is InChI=1S/C11H11Cl2NOS/c12-7-10(15)14-4-5-16-11(14)8-2-1-3-9(13)6-8/h1-3,6,11H,4-5,7H2/t11-/m1/s1. The highest BCUT2D eigenvalue weighted by molar-refractivity contribution is 7.99. The lowest BCUT2D eigenvalue weighted by molar-refractivity contribution is -0.128. The van der Waals surface area contributed by atoms with Gasteiger partial charge in [0, 0.05) is 17.3 Å². The lowest BCUT2D eigenvalue weighted by Gasteiger charge is -2.23. The van der Waals surface area contributed by atoms with E-state index in [9.17, 15) is 4.79 Å². The largest absolute Gasteiger partial charge is 0.325 e. The van der Waals surface area contributed by atoms with Crippen LogP contribution in [-0.2, 0) is 4.79 Å². The number of hydrogen-bond acceptors (Lipinski definition) is 2. The van der Waals surface area contributed by atoms with Gasteiger partial charge < -0.3 is 4.90 Å². The van der Waals surface area contributed by atoms with E-state index in [-0.39, 0.29) is 17.2 Å². The molecule has 0 N–H and O–H groups in total. The first kappa shape index (κ1) is 12.1. The molecule has 0 bridgehead atoms. The van der Waals surface area contributed by atoms with Crippen LogP contribution >= 0.6 is 35.0 Å². The fourth-order valence-electron chi connectivity index (χ4n) is 1.74. The van der Waals surface area contributed by atoms with Crippen molar-refractivity contribution in [2.24, 2.45) is 0 Å². The molecule has 1 fully saturated rings. The number of carbonyl (C=O) groups excluding carboxylic acids is 1. The van der Waals surface area contributed by atoms with Crippen LogP contribution in [-0.4, -0.2) is 29.0 Å². The van der Waals surface area contributed by atoms with Gasteiger partial charge in [0.25, 0.3) is 0 Å². The van der Waals surface area contributed by atoms with Gasteiger partial charge in [0.15, 0.2) is 0 Å². The molecule has 0 aromatic heterocycles. The van der Waals surface area contributed by atoms with Crippen molar-refractivity contribution in [3.8, 4) is 0 Å². The smallest absolute Gasteiger partial charge is 0.238 e. The molecule has 1 amide bonds. The van der Waals surface area contributed by atoms with Crippen molar-refractivity contribution in [1.82, 2.24) is 4.90 Å². The van der Waals surface area contributed by atoms with Gasteiger partial charge in [-0.1, -0.05) is 23.7 Å². The molecule has 2 rings (SSSR count). The van der Waals surface area contributed by atoms with Crippen molar-refractivity contribution in [2.75, 3.05) is 18.2 Å². The SMILES string of the molecule is O=C(CCl)N1CCS[C@@H]1c1cccc(Cl)c1. The van der Waals surface area contributed by atoms with E-state index in [0.717, 1.165) is 17.9 Å². The van der Waals surface area contributed by atoms with E-state index < -0.39 is 0 Å². The van der Waals surface area contributed by atoms with Crippen molar-refractivity contribution in [2.45, 2.75) is 5.37 Å². The average molecular weight is 276 g/mol. The van der Waals surface area contributed by atoms with Crippen molar-refractivity contribution >= 4 is 40.9 Å². The second kappa shape index (κ2) is 5.30. The predicted octanol–water partition coefficient (Wildman–Crippen LogP) is 3.15. The van der Waals surface area contributed by atoms with Crippen LogP contribution in [0.15, 0.2) is 24.3 Å². The quantitative estimate of drug-likeness (QED) is 0.773. The Morgan fingerprint density at radius 3 is 3.06 bits per heavy atom. The molecule has 0 unspecified atom stereocenters. The van der Waals surface area contributed by atoms with Gasteiger partial charge in [-0.05, 0) is 17.7 Å². The number of nitrogens with zero attached hydrogens (tertiary/aromatic N) is 1.